The highest BCUT2D eigenvalue weighted by atomic mass is 32.2. The lowest BCUT2D eigenvalue weighted by atomic mass is 10.2. The highest BCUT2D eigenvalue weighted by molar-refractivity contribution is 7.99. The summed E-state index contributed by atoms with van der Waals surface area (Å²) < 4.78 is 52.2. The number of rotatable bonds is 7. The number of nitrogens with zero attached hydrogens (tertiary/aromatic N) is 4. The lowest BCUT2D eigenvalue weighted by Gasteiger charge is -2.26. The maximum atomic E-state index is 13.5. The lowest BCUT2D eigenvalue weighted by Crippen LogP contribution is -2.42. The minimum Gasteiger partial charge on any atom is -0.338 e. The van der Waals surface area contributed by atoms with Gasteiger partial charge < -0.3 is 4.90 Å². The second kappa shape index (κ2) is 9.60. The number of sulfone groups is 1. The Morgan fingerprint density at radius 2 is 1.73 bits per heavy atom. The van der Waals surface area contributed by atoms with E-state index in [4.69, 9.17) is 0 Å². The molecular formula is C22H22F2N4O3S2. The van der Waals surface area contributed by atoms with Gasteiger partial charge in [0, 0.05) is 23.8 Å². The molecule has 0 radical (unpaired) electrons. The van der Waals surface area contributed by atoms with Crippen LogP contribution in [0.3, 0.4) is 0 Å². The lowest BCUT2D eigenvalue weighted by molar-refractivity contribution is -0.129. The fraction of sp³-hybridized carbons (Fsp3) is 0.318. The first kappa shape index (κ1) is 23.4. The second-order valence-electron chi connectivity index (χ2n) is 7.65. The summed E-state index contributed by atoms with van der Waals surface area (Å²) in [5.74, 6) is -0.447. The van der Waals surface area contributed by atoms with Crippen molar-refractivity contribution in [2.45, 2.75) is 24.5 Å². The molecule has 1 aliphatic heterocycles. The van der Waals surface area contributed by atoms with Gasteiger partial charge in [0.25, 0.3) is 0 Å². The number of aromatic nitrogens is 3. The van der Waals surface area contributed by atoms with Crippen molar-refractivity contribution in [3.05, 3.63) is 60.2 Å². The largest absolute Gasteiger partial charge is 0.338 e. The Morgan fingerprint density at radius 3 is 2.30 bits per heavy atom. The van der Waals surface area contributed by atoms with Crippen LogP contribution in [0.5, 0.6) is 0 Å². The van der Waals surface area contributed by atoms with Gasteiger partial charge in [0.2, 0.25) is 5.91 Å². The minimum atomic E-state index is -3.11. The molecule has 0 bridgehead atoms. The van der Waals surface area contributed by atoms with E-state index in [2.05, 4.69) is 10.2 Å². The van der Waals surface area contributed by atoms with E-state index in [0.717, 1.165) is 11.8 Å². The number of hydrogen-bond acceptors (Lipinski definition) is 6. The first-order valence-electron chi connectivity index (χ1n) is 10.4. The fourth-order valence-electron chi connectivity index (χ4n) is 3.84. The summed E-state index contributed by atoms with van der Waals surface area (Å²) >= 11 is 1.16. The quantitative estimate of drug-likeness (QED) is 0.471. The molecule has 0 saturated carbocycles. The molecule has 0 N–H and O–H groups in total. The monoisotopic (exact) mass is 492 g/mol. The van der Waals surface area contributed by atoms with E-state index < -0.39 is 15.7 Å². The van der Waals surface area contributed by atoms with Gasteiger partial charge in [-0.2, -0.15) is 0 Å². The Morgan fingerprint density at radius 1 is 1.09 bits per heavy atom. The van der Waals surface area contributed by atoms with Crippen LogP contribution in [0.1, 0.15) is 13.3 Å². The number of halogens is 2. The molecule has 7 nitrogen and oxygen atoms in total. The SMILES string of the molecule is CCN(C(=O)CSc1nnc(-c2ccc(F)cc2)n1-c1ccc(F)cc1)[C@@H]1CCS(=O)(=O)C1. The predicted molar refractivity (Wildman–Crippen MR) is 122 cm³/mol. The number of thioether (sulfide) groups is 1. The zero-order chi connectivity index (χ0) is 23.6. The Hall–Kier alpha value is -2.79. The van der Waals surface area contributed by atoms with Gasteiger partial charge in [-0.1, -0.05) is 11.8 Å². The van der Waals surface area contributed by atoms with Crippen LogP contribution in [0.4, 0.5) is 8.78 Å². The van der Waals surface area contributed by atoms with E-state index in [1.165, 1.54) is 24.3 Å². The topological polar surface area (TPSA) is 85.2 Å². The van der Waals surface area contributed by atoms with E-state index >= 15 is 0 Å². The highest BCUT2D eigenvalue weighted by Crippen LogP contribution is 2.29. The standard InChI is InChI=1S/C22H22F2N4O3S2/c1-2-27(19-11-12-33(30,31)14-19)20(29)13-32-22-26-25-21(15-3-5-16(23)6-4-15)28(22)18-9-7-17(24)8-10-18/h3-10,19H,2,11-14H2,1H3/t19-/m1/s1. The Labute approximate surface area is 194 Å². The van der Waals surface area contributed by atoms with Crippen LogP contribution in [0.25, 0.3) is 17.1 Å². The molecule has 33 heavy (non-hydrogen) atoms. The molecule has 1 fully saturated rings. The van der Waals surface area contributed by atoms with Crippen LogP contribution in [-0.2, 0) is 14.6 Å². The molecule has 0 spiro atoms. The molecule has 1 saturated heterocycles. The number of hydrogen-bond donors (Lipinski definition) is 0. The zero-order valence-electron chi connectivity index (χ0n) is 17.8. The van der Waals surface area contributed by atoms with Crippen molar-refractivity contribution in [1.29, 1.82) is 0 Å². The van der Waals surface area contributed by atoms with Crippen LogP contribution in [0.15, 0.2) is 53.7 Å². The molecule has 0 unspecified atom stereocenters. The maximum absolute atomic E-state index is 13.5. The van der Waals surface area contributed by atoms with Crippen molar-refractivity contribution in [3.8, 4) is 17.1 Å². The van der Waals surface area contributed by atoms with Crippen LogP contribution in [0.2, 0.25) is 0 Å². The van der Waals surface area contributed by atoms with Gasteiger partial charge in [-0.05, 0) is 61.9 Å². The predicted octanol–water partition coefficient (Wildman–Crippen LogP) is 3.34. The van der Waals surface area contributed by atoms with Gasteiger partial charge in [-0.25, -0.2) is 17.2 Å². The minimum absolute atomic E-state index is 0.0161. The molecule has 1 aromatic heterocycles. The smallest absolute Gasteiger partial charge is 0.233 e. The molecule has 174 valence electrons. The molecular weight excluding hydrogens is 470 g/mol. The molecule has 0 aliphatic carbocycles. The van der Waals surface area contributed by atoms with E-state index in [9.17, 15) is 22.0 Å². The van der Waals surface area contributed by atoms with E-state index in [1.54, 1.807) is 33.7 Å². The van der Waals surface area contributed by atoms with Gasteiger partial charge in [0.15, 0.2) is 20.8 Å². The maximum Gasteiger partial charge on any atom is 0.233 e. The number of benzene rings is 2. The molecule has 1 atom stereocenters. The van der Waals surface area contributed by atoms with Crippen LogP contribution < -0.4 is 0 Å². The van der Waals surface area contributed by atoms with Crippen molar-refractivity contribution in [2.24, 2.45) is 0 Å². The Bertz CT molecular complexity index is 1250. The Kier molecular flexibility index (Phi) is 6.80. The van der Waals surface area contributed by atoms with Crippen molar-refractivity contribution in [3.63, 3.8) is 0 Å². The van der Waals surface area contributed by atoms with Crippen LogP contribution in [-0.4, -0.2) is 63.8 Å². The van der Waals surface area contributed by atoms with Gasteiger partial charge >= 0.3 is 0 Å². The number of carbonyl (C=O) groups is 1. The third kappa shape index (κ3) is 5.25. The fourth-order valence-corrected chi connectivity index (χ4v) is 6.41. The third-order valence-corrected chi connectivity index (χ3v) is 8.12. The van der Waals surface area contributed by atoms with Gasteiger partial charge in [-0.15, -0.1) is 10.2 Å². The third-order valence-electron chi connectivity index (χ3n) is 5.46. The van der Waals surface area contributed by atoms with E-state index in [1.807, 2.05) is 6.92 Å². The first-order valence-corrected chi connectivity index (χ1v) is 13.2. The van der Waals surface area contributed by atoms with Crippen LogP contribution >= 0.6 is 11.8 Å². The second-order valence-corrected chi connectivity index (χ2v) is 10.8. The molecule has 11 heteroatoms. The summed E-state index contributed by atoms with van der Waals surface area (Å²) in [5.41, 5.74) is 1.20. The van der Waals surface area contributed by atoms with Crippen molar-refractivity contribution in [1.82, 2.24) is 19.7 Å². The van der Waals surface area contributed by atoms with Gasteiger partial charge in [-0.3, -0.25) is 9.36 Å². The normalized spacial score (nSPS) is 17.2. The summed E-state index contributed by atoms with van der Waals surface area (Å²) in [5, 5.41) is 8.85. The number of carbonyl (C=O) groups excluding carboxylic acids is 1. The van der Waals surface area contributed by atoms with Crippen LogP contribution in [0, 0.1) is 11.6 Å². The molecule has 1 aliphatic rings. The van der Waals surface area contributed by atoms with E-state index in [0.29, 0.717) is 35.2 Å². The first-order chi connectivity index (χ1) is 15.8. The highest BCUT2D eigenvalue weighted by Gasteiger charge is 2.34. The molecule has 3 aromatic rings. The van der Waals surface area contributed by atoms with Gasteiger partial charge in [0.1, 0.15) is 11.6 Å². The summed E-state index contributed by atoms with van der Waals surface area (Å²) in [6.45, 7) is 2.23. The van der Waals surface area contributed by atoms with E-state index in [-0.39, 0.29) is 35.0 Å². The molecule has 1 amide bonds. The van der Waals surface area contributed by atoms with Gasteiger partial charge in [0.05, 0.1) is 17.3 Å². The average molecular weight is 493 g/mol. The van der Waals surface area contributed by atoms with Crippen molar-refractivity contribution >= 4 is 27.5 Å². The van der Waals surface area contributed by atoms with Crippen molar-refractivity contribution < 1.29 is 22.0 Å². The zero-order valence-corrected chi connectivity index (χ0v) is 19.5. The Balaban J connectivity index is 1.60. The molecule has 2 heterocycles. The summed E-state index contributed by atoms with van der Waals surface area (Å²) in [6.07, 6.45) is 0.438. The van der Waals surface area contributed by atoms with Crippen molar-refractivity contribution in [2.75, 3.05) is 23.8 Å². The average Bonchev–Trinajstić information content (AvgIpc) is 3.37. The number of amides is 1. The molecule has 4 rings (SSSR count). The summed E-state index contributed by atoms with van der Waals surface area (Å²) in [4.78, 5) is 14.5. The molecule has 2 aromatic carbocycles. The summed E-state index contributed by atoms with van der Waals surface area (Å²) in [7, 11) is -3.11. The summed E-state index contributed by atoms with van der Waals surface area (Å²) in [6, 6.07) is 11.2.